The summed E-state index contributed by atoms with van der Waals surface area (Å²) in [7, 11) is 0. The zero-order valence-corrected chi connectivity index (χ0v) is 39.3. The normalized spacial score (nSPS) is 15.9. The quantitative estimate of drug-likeness (QED) is 0.162. The monoisotopic (exact) mass is 881 g/mol. The van der Waals surface area contributed by atoms with E-state index in [1.54, 1.807) is 0 Å². The molecule has 12 aromatic rings. The molecular weight excluding hydrogens is 834 g/mol. The molecular formula is C61H48BN3O3. The summed E-state index contributed by atoms with van der Waals surface area (Å²) in [6, 6.07) is 51.0. The highest BCUT2D eigenvalue weighted by Gasteiger charge is 2.48. The van der Waals surface area contributed by atoms with Crippen molar-refractivity contribution < 1.29 is 13.3 Å². The van der Waals surface area contributed by atoms with E-state index in [9.17, 15) is 0 Å². The molecule has 1 aliphatic carbocycles. The van der Waals surface area contributed by atoms with Gasteiger partial charge in [-0.25, -0.2) is 4.98 Å². The van der Waals surface area contributed by atoms with E-state index in [0.717, 1.165) is 107 Å². The van der Waals surface area contributed by atoms with E-state index in [4.69, 9.17) is 18.2 Å². The van der Waals surface area contributed by atoms with Gasteiger partial charge in [0.05, 0.1) is 11.0 Å². The highest BCUT2D eigenvalue weighted by atomic mass is 16.3. The second-order valence-electron chi connectivity index (χ2n) is 22.1. The molecule has 2 aliphatic heterocycles. The highest BCUT2D eigenvalue weighted by Crippen LogP contribution is 2.55. The van der Waals surface area contributed by atoms with Gasteiger partial charge in [0.1, 0.15) is 27.8 Å². The Morgan fingerprint density at radius 3 is 2.03 bits per heavy atom. The lowest BCUT2D eigenvalue weighted by atomic mass is 9.43. The van der Waals surface area contributed by atoms with Gasteiger partial charge in [0, 0.05) is 72.1 Å². The Bertz CT molecular complexity index is 4190. The van der Waals surface area contributed by atoms with Crippen LogP contribution in [0.15, 0.2) is 153 Å². The van der Waals surface area contributed by atoms with Crippen LogP contribution in [-0.4, -0.2) is 16.4 Å². The lowest BCUT2D eigenvalue weighted by molar-refractivity contribution is 0.332. The van der Waals surface area contributed by atoms with E-state index in [2.05, 4.69) is 179 Å². The molecule has 3 aliphatic rings. The minimum absolute atomic E-state index is 0.000715. The highest BCUT2D eigenvalue weighted by molar-refractivity contribution is 6.94. The molecule has 0 atom stereocenters. The molecule has 0 unspecified atom stereocenters. The first-order valence-corrected chi connectivity index (χ1v) is 24.2. The van der Waals surface area contributed by atoms with Crippen LogP contribution in [-0.2, 0) is 16.2 Å². The third-order valence-corrected chi connectivity index (χ3v) is 16.2. The number of nitrogens with zero attached hydrogens (tertiary/aromatic N) is 3. The van der Waals surface area contributed by atoms with Crippen molar-refractivity contribution in [1.29, 1.82) is 0 Å². The van der Waals surface area contributed by atoms with Crippen molar-refractivity contribution in [2.24, 2.45) is 0 Å². The Labute approximate surface area is 393 Å². The molecule has 0 saturated carbocycles. The van der Waals surface area contributed by atoms with E-state index in [-0.39, 0.29) is 23.1 Å². The Hall–Kier alpha value is -7.51. The number of furan rings is 2. The Balaban J connectivity index is 1.18. The molecule has 4 aromatic heterocycles. The van der Waals surface area contributed by atoms with Gasteiger partial charge in [0.2, 0.25) is 5.89 Å². The van der Waals surface area contributed by atoms with Crippen LogP contribution in [0.5, 0.6) is 0 Å². The largest absolute Gasteiger partial charge is 0.456 e. The van der Waals surface area contributed by atoms with Crippen molar-refractivity contribution >= 4 is 106 Å². The van der Waals surface area contributed by atoms with Crippen LogP contribution in [0.4, 0.5) is 11.4 Å². The summed E-state index contributed by atoms with van der Waals surface area (Å²) in [6.07, 6.45) is 2.26. The maximum Gasteiger partial charge on any atom is 0.333 e. The summed E-state index contributed by atoms with van der Waals surface area (Å²) < 4.78 is 23.5. The molecule has 6 nitrogen and oxygen atoms in total. The molecule has 8 aromatic carbocycles. The molecule has 0 radical (unpaired) electrons. The van der Waals surface area contributed by atoms with E-state index in [0.29, 0.717) is 5.89 Å². The van der Waals surface area contributed by atoms with Crippen molar-refractivity contribution in [2.75, 3.05) is 4.81 Å². The summed E-state index contributed by atoms with van der Waals surface area (Å²) in [5.74, 6) is 0.614. The van der Waals surface area contributed by atoms with E-state index in [1.165, 1.54) is 44.0 Å². The van der Waals surface area contributed by atoms with Crippen LogP contribution >= 0.6 is 0 Å². The number of para-hydroxylation sites is 2. The van der Waals surface area contributed by atoms with Gasteiger partial charge in [0.15, 0.2) is 5.58 Å². The third kappa shape index (κ3) is 4.96. The van der Waals surface area contributed by atoms with Crippen molar-refractivity contribution in [3.8, 4) is 28.3 Å². The Morgan fingerprint density at radius 1 is 0.588 bits per heavy atom. The van der Waals surface area contributed by atoms with Crippen LogP contribution in [0.25, 0.3) is 105 Å². The molecule has 0 N–H and O–H groups in total. The molecule has 0 saturated heterocycles. The minimum atomic E-state index is -0.274. The number of anilines is 2. The summed E-state index contributed by atoms with van der Waals surface area (Å²) in [6.45, 7) is 16.3. The molecule has 6 heterocycles. The lowest BCUT2D eigenvalue weighted by Gasteiger charge is -2.42. The molecule has 0 fully saturated rings. The number of rotatable bonds is 2. The van der Waals surface area contributed by atoms with Crippen molar-refractivity contribution in [3.05, 3.63) is 156 Å². The fourth-order valence-electron chi connectivity index (χ4n) is 12.6. The standard InChI is InChI=1S/C61H48BN3O3/c1-59(2,3)34-21-23-35(24-22-34)65-46-28-38-36-17-11-13-19-48(36)66-50(38)29-40(46)54-55-56-52(53-37-18-12-14-20-49(37)67-57(53)54)39-27-41-42(61(6,7)26-25-60(41,4)5)30-45(39)64(56)47-32-51-44(31-43(47)62(55)65)63-58(68-51)33-15-9-8-10-16-33/h8-24,27-32H,25-26H2,1-7H3. The van der Waals surface area contributed by atoms with Gasteiger partial charge >= 0.3 is 6.85 Å². The summed E-state index contributed by atoms with van der Waals surface area (Å²) in [5.41, 5.74) is 20.5. The fourth-order valence-corrected chi connectivity index (χ4v) is 12.6. The van der Waals surface area contributed by atoms with Gasteiger partial charge in [-0.3, -0.25) is 0 Å². The van der Waals surface area contributed by atoms with Crippen LogP contribution < -0.4 is 15.7 Å². The van der Waals surface area contributed by atoms with Gasteiger partial charge in [-0.05, 0) is 123 Å². The molecule has 0 spiro atoms. The topological polar surface area (TPSA) is 60.5 Å². The maximum absolute atomic E-state index is 7.32. The lowest BCUT2D eigenvalue weighted by Crippen LogP contribution is -2.60. The van der Waals surface area contributed by atoms with E-state index in [1.807, 2.05) is 18.2 Å². The molecule has 7 heteroatoms. The molecule has 328 valence electrons. The van der Waals surface area contributed by atoms with Crippen molar-refractivity contribution in [1.82, 2.24) is 9.55 Å². The summed E-state index contributed by atoms with van der Waals surface area (Å²) in [4.78, 5) is 7.85. The fraction of sp³-hybridized carbons (Fsp3) is 0.197. The van der Waals surface area contributed by atoms with Gasteiger partial charge in [-0.1, -0.05) is 115 Å². The Morgan fingerprint density at radius 2 is 1.28 bits per heavy atom. The Kier molecular flexibility index (Phi) is 7.22. The summed E-state index contributed by atoms with van der Waals surface area (Å²) >= 11 is 0. The van der Waals surface area contributed by atoms with Crippen LogP contribution in [0.1, 0.15) is 78.0 Å². The van der Waals surface area contributed by atoms with Crippen molar-refractivity contribution in [2.45, 2.75) is 77.6 Å². The van der Waals surface area contributed by atoms with Crippen LogP contribution in [0.3, 0.4) is 0 Å². The number of hydrogen-bond donors (Lipinski definition) is 0. The first-order chi connectivity index (χ1) is 32.8. The van der Waals surface area contributed by atoms with Crippen LogP contribution in [0, 0.1) is 0 Å². The molecule has 68 heavy (non-hydrogen) atoms. The predicted octanol–water partition coefficient (Wildman–Crippen LogP) is 15.3. The smallest absolute Gasteiger partial charge is 0.333 e. The van der Waals surface area contributed by atoms with Crippen LogP contribution in [0.2, 0.25) is 0 Å². The number of benzene rings is 8. The van der Waals surface area contributed by atoms with Gasteiger partial charge < -0.3 is 22.6 Å². The number of hydrogen-bond acceptors (Lipinski definition) is 5. The minimum Gasteiger partial charge on any atom is -0.456 e. The predicted molar refractivity (Wildman–Crippen MR) is 281 cm³/mol. The van der Waals surface area contributed by atoms with Gasteiger partial charge in [-0.2, -0.15) is 0 Å². The summed E-state index contributed by atoms with van der Waals surface area (Å²) in [5, 5.41) is 6.93. The molecule has 0 amide bonds. The number of aromatic nitrogens is 2. The first-order valence-electron chi connectivity index (χ1n) is 24.2. The SMILES string of the molecule is CC(C)(C)c1ccc(N2B3c4cc5nc(-c6ccccc6)oc5cc4-n4c5cc6c(cc5c5c7c(oc8ccccc87)c(c3c54)-c3cc4oc5ccccc5c4cc32)C(C)(C)CCC6(C)C)cc1. The number of oxazole rings is 1. The average molecular weight is 882 g/mol. The third-order valence-electron chi connectivity index (χ3n) is 16.2. The number of fused-ring (bicyclic) bond motifs is 18. The van der Waals surface area contributed by atoms with E-state index >= 15 is 0 Å². The van der Waals surface area contributed by atoms with Crippen molar-refractivity contribution in [3.63, 3.8) is 0 Å². The van der Waals surface area contributed by atoms with E-state index < -0.39 is 0 Å². The first kappa shape index (κ1) is 38.6. The molecule has 15 rings (SSSR count). The average Bonchev–Trinajstić information content (AvgIpc) is 4.11. The van der Waals surface area contributed by atoms with Gasteiger partial charge in [-0.15, -0.1) is 0 Å². The maximum atomic E-state index is 7.32. The molecule has 0 bridgehead atoms. The zero-order valence-electron chi connectivity index (χ0n) is 39.3. The van der Waals surface area contributed by atoms with Gasteiger partial charge in [0.25, 0.3) is 0 Å². The second kappa shape index (κ2) is 12.7. The zero-order chi connectivity index (χ0) is 45.7. The second-order valence-corrected chi connectivity index (χ2v) is 22.1.